The van der Waals surface area contributed by atoms with E-state index in [9.17, 15) is 18.5 Å². The predicted octanol–water partition coefficient (Wildman–Crippen LogP) is 1.22. The maximum absolute atomic E-state index is 12.0. The van der Waals surface area contributed by atoms with E-state index in [0.717, 1.165) is 11.1 Å². The first kappa shape index (κ1) is 14.8. The Morgan fingerprint density at radius 1 is 1.50 bits per heavy atom. The summed E-state index contributed by atoms with van der Waals surface area (Å²) in [4.78, 5) is 14.0. The second kappa shape index (κ2) is 5.83. The molecule has 0 radical (unpaired) electrons. The zero-order chi connectivity index (χ0) is 14.8. The van der Waals surface area contributed by atoms with Crippen LogP contribution in [0.25, 0.3) is 0 Å². The van der Waals surface area contributed by atoms with Gasteiger partial charge in [-0.15, -0.1) is 11.3 Å². The first-order chi connectivity index (χ1) is 9.40. The average molecular weight is 334 g/mol. The second-order valence-corrected chi connectivity index (χ2v) is 7.70. The first-order valence-electron chi connectivity index (χ1n) is 5.32. The molecule has 0 unspecified atom stereocenters. The van der Waals surface area contributed by atoms with Crippen molar-refractivity contribution in [1.29, 1.82) is 0 Å². The molecule has 0 aliphatic carbocycles. The fourth-order valence-corrected chi connectivity index (χ4v) is 4.30. The van der Waals surface area contributed by atoms with Gasteiger partial charge in [-0.05, 0) is 0 Å². The average Bonchev–Trinajstić information content (AvgIpc) is 2.98. The molecule has 0 aliphatic heterocycles. The van der Waals surface area contributed by atoms with E-state index in [-0.39, 0.29) is 15.8 Å². The Labute approximate surface area is 122 Å². The van der Waals surface area contributed by atoms with Crippen molar-refractivity contribution >= 4 is 43.4 Å². The lowest BCUT2D eigenvalue weighted by atomic mass is 10.5. The maximum Gasteiger partial charge on any atom is 0.304 e. The second-order valence-electron chi connectivity index (χ2n) is 3.65. The number of hydrogen-bond acceptors (Lipinski definition) is 8. The summed E-state index contributed by atoms with van der Waals surface area (Å²) < 4.78 is 26.1. The number of sulfonamides is 1. The highest BCUT2D eigenvalue weighted by Crippen LogP contribution is 2.34. The smallest absolute Gasteiger partial charge is 0.304 e. The van der Waals surface area contributed by atoms with Gasteiger partial charge in [-0.2, -0.15) is 0 Å². The topological polar surface area (TPSA) is 128 Å². The largest absolute Gasteiger partial charge is 0.385 e. The molecule has 2 aromatic rings. The lowest BCUT2D eigenvalue weighted by Crippen LogP contribution is -2.25. The van der Waals surface area contributed by atoms with Gasteiger partial charge in [0.15, 0.2) is 5.00 Å². The van der Waals surface area contributed by atoms with Crippen molar-refractivity contribution < 1.29 is 13.3 Å². The van der Waals surface area contributed by atoms with Gasteiger partial charge in [0.2, 0.25) is 10.0 Å². The molecule has 8 nitrogen and oxygen atoms in total. The molecule has 0 fully saturated rings. The van der Waals surface area contributed by atoms with Crippen LogP contribution in [0.2, 0.25) is 0 Å². The van der Waals surface area contributed by atoms with E-state index < -0.39 is 20.6 Å². The molecule has 3 N–H and O–H groups in total. The van der Waals surface area contributed by atoms with Gasteiger partial charge in [-0.3, -0.25) is 10.1 Å². The lowest BCUT2D eigenvalue weighted by molar-refractivity contribution is -0.383. The normalized spacial score (nSPS) is 11.6. The van der Waals surface area contributed by atoms with E-state index >= 15 is 0 Å². The third-order valence-corrected chi connectivity index (χ3v) is 6.02. The molecule has 20 heavy (non-hydrogen) atoms. The van der Waals surface area contributed by atoms with Crippen LogP contribution in [0.3, 0.4) is 0 Å². The fourth-order valence-electron chi connectivity index (χ4n) is 1.39. The maximum atomic E-state index is 12.0. The molecule has 0 aromatic carbocycles. The van der Waals surface area contributed by atoms with Gasteiger partial charge in [0.05, 0.1) is 9.93 Å². The number of nitrogens with zero attached hydrogens (tertiary/aromatic N) is 2. The van der Waals surface area contributed by atoms with Crippen LogP contribution in [-0.4, -0.2) is 24.9 Å². The Kier molecular flexibility index (Phi) is 4.32. The minimum Gasteiger partial charge on any atom is -0.385 e. The minimum atomic E-state index is -3.79. The van der Waals surface area contributed by atoms with Crippen molar-refractivity contribution in [1.82, 2.24) is 9.71 Å². The summed E-state index contributed by atoms with van der Waals surface area (Å²) >= 11 is 2.10. The van der Waals surface area contributed by atoms with Crippen LogP contribution < -0.4 is 10.5 Å². The molecular weight excluding hydrogens is 324 g/mol. The number of nitro groups is 1. The Hall–Kier alpha value is -1.56. The zero-order valence-electron chi connectivity index (χ0n) is 9.98. The standard InChI is InChI=1S/C9H10N4O4S3/c10-9-6(13(14)15)5-8(19-9)20(16,17)12-2-1-7-11-3-4-18-7/h3-5,12H,1-2,10H2. The molecule has 11 heteroatoms. The molecule has 2 heterocycles. The zero-order valence-corrected chi connectivity index (χ0v) is 12.4. The summed E-state index contributed by atoms with van der Waals surface area (Å²) in [7, 11) is -3.79. The Balaban J connectivity index is 2.06. The van der Waals surface area contributed by atoms with E-state index in [4.69, 9.17) is 5.73 Å². The summed E-state index contributed by atoms with van der Waals surface area (Å²) in [5.74, 6) is 0. The molecule has 0 spiro atoms. The number of nitrogen functional groups attached to an aromatic ring is 1. The van der Waals surface area contributed by atoms with Gasteiger partial charge in [0.25, 0.3) is 0 Å². The minimum absolute atomic E-state index is 0.129. The molecule has 0 bridgehead atoms. The molecule has 0 amide bonds. The third kappa shape index (κ3) is 3.30. The molecular formula is C9H10N4O4S3. The van der Waals surface area contributed by atoms with Gasteiger partial charge in [0, 0.05) is 30.6 Å². The number of aromatic nitrogens is 1. The van der Waals surface area contributed by atoms with Crippen LogP contribution in [0, 0.1) is 10.1 Å². The highest BCUT2D eigenvalue weighted by Gasteiger charge is 2.24. The molecule has 108 valence electrons. The van der Waals surface area contributed by atoms with Crippen LogP contribution in [0.5, 0.6) is 0 Å². The number of nitrogens with two attached hydrogens (primary N) is 1. The quantitative estimate of drug-likeness (QED) is 0.603. The Bertz CT molecular complexity index is 708. The van der Waals surface area contributed by atoms with Crippen LogP contribution in [0.1, 0.15) is 5.01 Å². The summed E-state index contributed by atoms with van der Waals surface area (Å²) in [6.07, 6.45) is 2.09. The third-order valence-electron chi connectivity index (χ3n) is 2.29. The van der Waals surface area contributed by atoms with Crippen molar-refractivity contribution in [2.45, 2.75) is 10.6 Å². The number of rotatable bonds is 6. The number of hydrogen-bond donors (Lipinski definition) is 2. The van der Waals surface area contributed by atoms with E-state index in [1.807, 2.05) is 0 Å². The SMILES string of the molecule is Nc1sc(S(=O)(=O)NCCc2nccs2)cc1[N+](=O)[O-]. The number of nitrogens with one attached hydrogen (secondary N) is 1. The Morgan fingerprint density at radius 2 is 2.25 bits per heavy atom. The van der Waals surface area contributed by atoms with Gasteiger partial charge < -0.3 is 5.73 Å². The predicted molar refractivity (Wildman–Crippen MR) is 76.4 cm³/mol. The summed E-state index contributed by atoms with van der Waals surface area (Å²) in [5, 5.41) is 13.1. The van der Waals surface area contributed by atoms with E-state index in [0.29, 0.717) is 17.8 Å². The van der Waals surface area contributed by atoms with Crippen molar-refractivity contribution in [3.63, 3.8) is 0 Å². The van der Waals surface area contributed by atoms with Crippen LogP contribution >= 0.6 is 22.7 Å². The highest BCUT2D eigenvalue weighted by atomic mass is 32.2. The van der Waals surface area contributed by atoms with Crippen LogP contribution in [0.4, 0.5) is 10.7 Å². The molecule has 0 atom stereocenters. The lowest BCUT2D eigenvalue weighted by Gasteiger charge is -2.02. The van der Waals surface area contributed by atoms with E-state index in [1.165, 1.54) is 11.3 Å². The van der Waals surface area contributed by atoms with Crippen molar-refractivity contribution in [3.05, 3.63) is 32.8 Å². The Morgan fingerprint density at radius 3 is 2.80 bits per heavy atom. The fraction of sp³-hybridized carbons (Fsp3) is 0.222. The number of thiophene rings is 1. The highest BCUT2D eigenvalue weighted by molar-refractivity contribution is 7.91. The van der Waals surface area contributed by atoms with E-state index in [2.05, 4.69) is 9.71 Å². The summed E-state index contributed by atoms with van der Waals surface area (Å²) in [6.45, 7) is 0.168. The summed E-state index contributed by atoms with van der Waals surface area (Å²) in [6, 6.07) is 0.964. The van der Waals surface area contributed by atoms with E-state index in [1.54, 1.807) is 11.6 Å². The molecule has 2 rings (SSSR count). The molecule has 0 saturated carbocycles. The van der Waals surface area contributed by atoms with Crippen molar-refractivity contribution in [2.75, 3.05) is 12.3 Å². The monoisotopic (exact) mass is 334 g/mol. The van der Waals surface area contributed by atoms with Crippen molar-refractivity contribution in [3.8, 4) is 0 Å². The first-order valence-corrected chi connectivity index (χ1v) is 8.50. The number of thiazole rings is 1. The molecule has 0 aliphatic rings. The van der Waals surface area contributed by atoms with Crippen LogP contribution in [0.15, 0.2) is 21.9 Å². The molecule has 2 aromatic heterocycles. The van der Waals surface area contributed by atoms with Gasteiger partial charge in [-0.25, -0.2) is 18.1 Å². The van der Waals surface area contributed by atoms with Gasteiger partial charge >= 0.3 is 5.69 Å². The van der Waals surface area contributed by atoms with Crippen molar-refractivity contribution in [2.24, 2.45) is 0 Å². The molecule has 0 saturated heterocycles. The summed E-state index contributed by atoms with van der Waals surface area (Å²) in [5.41, 5.74) is 5.03. The number of anilines is 1. The van der Waals surface area contributed by atoms with Gasteiger partial charge in [0.1, 0.15) is 4.21 Å². The van der Waals surface area contributed by atoms with Gasteiger partial charge in [-0.1, -0.05) is 11.3 Å². The van der Waals surface area contributed by atoms with Crippen LogP contribution in [-0.2, 0) is 16.4 Å².